The fourth-order valence-corrected chi connectivity index (χ4v) is 6.10. The van der Waals surface area contributed by atoms with E-state index in [4.69, 9.17) is 4.12 Å². The van der Waals surface area contributed by atoms with E-state index in [1.807, 2.05) is 24.3 Å². The lowest BCUT2D eigenvalue weighted by atomic mass is 10.1. The summed E-state index contributed by atoms with van der Waals surface area (Å²) < 4.78 is 6.18. The Hall–Kier alpha value is -1.69. The molecule has 3 heteroatoms. The second-order valence-electron chi connectivity index (χ2n) is 5.04. The van der Waals surface area contributed by atoms with Gasteiger partial charge in [0.15, 0.2) is 19.5 Å². The van der Waals surface area contributed by atoms with Crippen molar-refractivity contribution in [3.8, 4) is 0 Å². The molecule has 0 aliphatic rings. The standard InChI is InChI=1S/C18H22OSi2/c1-3-17(15-11-7-5-8-12-15)20-19-21-18(4-2)16-13-9-6-10-14-16/h3-14,17-18H,1-2,20-21H2. The summed E-state index contributed by atoms with van der Waals surface area (Å²) in [5.74, 6) is 0. The molecule has 0 saturated carbocycles. The monoisotopic (exact) mass is 310 g/mol. The fourth-order valence-electron chi connectivity index (χ4n) is 2.32. The molecule has 0 bridgehead atoms. The minimum atomic E-state index is -0.634. The molecule has 0 aliphatic carbocycles. The first-order valence-electron chi connectivity index (χ1n) is 7.28. The van der Waals surface area contributed by atoms with Gasteiger partial charge in [-0.15, -0.1) is 13.2 Å². The molecule has 0 radical (unpaired) electrons. The van der Waals surface area contributed by atoms with Crippen LogP contribution in [0.4, 0.5) is 0 Å². The molecule has 2 unspecified atom stereocenters. The van der Waals surface area contributed by atoms with Gasteiger partial charge in [0.1, 0.15) is 0 Å². The van der Waals surface area contributed by atoms with E-state index in [9.17, 15) is 0 Å². The predicted molar refractivity (Wildman–Crippen MR) is 96.9 cm³/mol. The van der Waals surface area contributed by atoms with Gasteiger partial charge in [0.05, 0.1) is 0 Å². The molecule has 2 atom stereocenters. The molecule has 0 aromatic heterocycles. The normalized spacial score (nSPS) is 14.5. The average molecular weight is 311 g/mol. The maximum Gasteiger partial charge on any atom is 0.157 e. The molecular formula is C18H22OSi2. The van der Waals surface area contributed by atoms with E-state index < -0.39 is 19.5 Å². The summed E-state index contributed by atoms with van der Waals surface area (Å²) in [6, 6.07) is 21.0. The van der Waals surface area contributed by atoms with Crippen LogP contribution in [0.15, 0.2) is 86.0 Å². The minimum absolute atomic E-state index is 0.403. The number of benzene rings is 2. The van der Waals surface area contributed by atoms with Crippen LogP contribution in [0.5, 0.6) is 0 Å². The summed E-state index contributed by atoms with van der Waals surface area (Å²) in [5, 5.41) is 0. The molecule has 0 amide bonds. The highest BCUT2D eigenvalue weighted by Gasteiger charge is 2.12. The van der Waals surface area contributed by atoms with Crippen LogP contribution in [0, 0.1) is 0 Å². The number of rotatable bonds is 8. The zero-order valence-electron chi connectivity index (χ0n) is 12.3. The van der Waals surface area contributed by atoms with Crippen LogP contribution >= 0.6 is 0 Å². The van der Waals surface area contributed by atoms with Crippen molar-refractivity contribution in [1.29, 1.82) is 0 Å². The van der Waals surface area contributed by atoms with Crippen LogP contribution < -0.4 is 0 Å². The lowest BCUT2D eigenvalue weighted by molar-refractivity contribution is 0.618. The topological polar surface area (TPSA) is 9.23 Å². The Morgan fingerprint density at radius 1 is 0.714 bits per heavy atom. The van der Waals surface area contributed by atoms with Gasteiger partial charge in [0.2, 0.25) is 0 Å². The maximum atomic E-state index is 6.18. The van der Waals surface area contributed by atoms with Crippen molar-refractivity contribution in [3.63, 3.8) is 0 Å². The first kappa shape index (κ1) is 15.7. The van der Waals surface area contributed by atoms with Crippen LogP contribution in [0.2, 0.25) is 0 Å². The molecule has 0 N–H and O–H groups in total. The quantitative estimate of drug-likeness (QED) is 0.538. The summed E-state index contributed by atoms with van der Waals surface area (Å²) in [6.45, 7) is 7.93. The average Bonchev–Trinajstić information content (AvgIpc) is 2.57. The first-order valence-corrected chi connectivity index (χ1v) is 10.1. The van der Waals surface area contributed by atoms with E-state index in [-0.39, 0.29) is 0 Å². The van der Waals surface area contributed by atoms with Gasteiger partial charge in [-0.1, -0.05) is 72.8 Å². The van der Waals surface area contributed by atoms with Crippen molar-refractivity contribution in [2.24, 2.45) is 0 Å². The molecule has 21 heavy (non-hydrogen) atoms. The Bertz CT molecular complexity index is 502. The predicted octanol–water partition coefficient (Wildman–Crippen LogP) is 3.03. The molecule has 0 saturated heterocycles. The minimum Gasteiger partial charge on any atom is -0.464 e. The molecular weight excluding hydrogens is 288 g/mol. The Morgan fingerprint density at radius 3 is 1.43 bits per heavy atom. The van der Waals surface area contributed by atoms with Gasteiger partial charge in [-0.2, -0.15) is 0 Å². The van der Waals surface area contributed by atoms with E-state index in [0.29, 0.717) is 11.1 Å². The van der Waals surface area contributed by atoms with Crippen molar-refractivity contribution in [1.82, 2.24) is 0 Å². The van der Waals surface area contributed by atoms with E-state index in [1.165, 1.54) is 11.1 Å². The van der Waals surface area contributed by atoms with Crippen LogP contribution in [-0.2, 0) is 4.12 Å². The molecule has 108 valence electrons. The van der Waals surface area contributed by atoms with Gasteiger partial charge < -0.3 is 4.12 Å². The molecule has 0 spiro atoms. The van der Waals surface area contributed by atoms with Crippen LogP contribution in [-0.4, -0.2) is 19.5 Å². The summed E-state index contributed by atoms with van der Waals surface area (Å²) >= 11 is 0. The van der Waals surface area contributed by atoms with Gasteiger partial charge in [-0.3, -0.25) is 0 Å². The van der Waals surface area contributed by atoms with Crippen LogP contribution in [0.25, 0.3) is 0 Å². The third-order valence-corrected chi connectivity index (χ3v) is 7.83. The summed E-state index contributed by atoms with van der Waals surface area (Å²) in [5.41, 5.74) is 3.45. The summed E-state index contributed by atoms with van der Waals surface area (Å²) in [4.78, 5) is 0. The largest absolute Gasteiger partial charge is 0.464 e. The third kappa shape index (κ3) is 4.67. The molecule has 0 aliphatic heterocycles. The maximum absolute atomic E-state index is 6.18. The van der Waals surface area contributed by atoms with E-state index in [2.05, 4.69) is 61.7 Å². The van der Waals surface area contributed by atoms with Crippen LogP contribution in [0.3, 0.4) is 0 Å². The zero-order valence-corrected chi connectivity index (χ0v) is 15.1. The van der Waals surface area contributed by atoms with Gasteiger partial charge >= 0.3 is 0 Å². The Labute approximate surface area is 132 Å². The second kappa shape index (κ2) is 8.57. The number of hydrogen-bond acceptors (Lipinski definition) is 1. The lowest BCUT2D eigenvalue weighted by Crippen LogP contribution is -2.17. The van der Waals surface area contributed by atoms with Gasteiger partial charge in [0, 0.05) is 11.1 Å². The molecule has 2 aromatic carbocycles. The molecule has 1 nitrogen and oxygen atoms in total. The molecule has 0 fully saturated rings. The Kier molecular flexibility index (Phi) is 6.40. The van der Waals surface area contributed by atoms with Crippen molar-refractivity contribution in [2.45, 2.75) is 11.1 Å². The molecule has 2 aromatic rings. The smallest absolute Gasteiger partial charge is 0.157 e. The van der Waals surface area contributed by atoms with Crippen molar-refractivity contribution in [2.75, 3.05) is 0 Å². The number of hydrogen-bond donors (Lipinski definition) is 0. The van der Waals surface area contributed by atoms with E-state index in [1.54, 1.807) is 0 Å². The van der Waals surface area contributed by atoms with Crippen molar-refractivity contribution in [3.05, 3.63) is 97.1 Å². The van der Waals surface area contributed by atoms with Crippen molar-refractivity contribution < 1.29 is 4.12 Å². The van der Waals surface area contributed by atoms with Crippen molar-refractivity contribution >= 4 is 19.5 Å². The highest BCUT2D eigenvalue weighted by atomic mass is 28.3. The second-order valence-corrected chi connectivity index (χ2v) is 9.10. The SMILES string of the molecule is C=CC([SiH2]O[SiH2]C(C=C)c1ccccc1)c1ccccc1. The highest BCUT2D eigenvalue weighted by molar-refractivity contribution is 6.45. The van der Waals surface area contributed by atoms with Gasteiger partial charge in [0.25, 0.3) is 0 Å². The van der Waals surface area contributed by atoms with Crippen LogP contribution in [0.1, 0.15) is 22.2 Å². The lowest BCUT2D eigenvalue weighted by Gasteiger charge is -2.16. The zero-order chi connectivity index (χ0) is 14.9. The Morgan fingerprint density at radius 2 is 1.10 bits per heavy atom. The summed E-state index contributed by atoms with van der Waals surface area (Å²) in [6.07, 6.45) is 4.06. The third-order valence-electron chi connectivity index (χ3n) is 3.62. The van der Waals surface area contributed by atoms with Gasteiger partial charge in [-0.25, -0.2) is 0 Å². The summed E-state index contributed by atoms with van der Waals surface area (Å²) in [7, 11) is -1.27. The molecule has 0 heterocycles. The fraction of sp³-hybridized carbons (Fsp3) is 0.111. The first-order chi connectivity index (χ1) is 10.3. The molecule has 2 rings (SSSR count). The highest BCUT2D eigenvalue weighted by Crippen LogP contribution is 2.18. The Balaban J connectivity index is 1.90. The van der Waals surface area contributed by atoms with Gasteiger partial charge in [-0.05, 0) is 11.1 Å². The van der Waals surface area contributed by atoms with E-state index >= 15 is 0 Å². The van der Waals surface area contributed by atoms with E-state index in [0.717, 1.165) is 0 Å². The number of allylic oxidation sites excluding steroid dienone is 2.